The van der Waals surface area contributed by atoms with Gasteiger partial charge in [-0.15, -0.1) is 11.8 Å². The van der Waals surface area contributed by atoms with E-state index in [4.69, 9.17) is 4.74 Å². The van der Waals surface area contributed by atoms with Gasteiger partial charge in [-0.1, -0.05) is 27.2 Å². The number of hydrogen-bond donors (Lipinski definition) is 0. The van der Waals surface area contributed by atoms with Crippen molar-refractivity contribution >= 4 is 23.6 Å². The molecule has 4 atom stereocenters. The molecule has 1 fully saturated rings. The molecule has 0 spiro atoms. The number of thioether (sulfide) groups is 1. The van der Waals surface area contributed by atoms with Gasteiger partial charge in [-0.05, 0) is 42.9 Å². The van der Waals surface area contributed by atoms with E-state index in [2.05, 4.69) is 20.8 Å². The third kappa shape index (κ3) is 4.06. The molecule has 4 nitrogen and oxygen atoms in total. The predicted octanol–water partition coefficient (Wildman–Crippen LogP) is 3.43. The molecule has 0 bridgehead atoms. The Morgan fingerprint density at radius 3 is 2.73 bits per heavy atom. The molecule has 0 aromatic heterocycles. The number of nitrogens with zero attached hydrogens (tertiary/aromatic N) is 1. The maximum Gasteiger partial charge on any atom is 0.329 e. The zero-order valence-electron chi connectivity index (χ0n) is 14.0. The van der Waals surface area contributed by atoms with E-state index in [0.717, 1.165) is 12.8 Å². The van der Waals surface area contributed by atoms with Gasteiger partial charge in [0, 0.05) is 6.20 Å². The molecule has 2 aliphatic rings. The van der Waals surface area contributed by atoms with Crippen LogP contribution in [-0.4, -0.2) is 34.7 Å². The van der Waals surface area contributed by atoms with Crippen molar-refractivity contribution in [3.63, 3.8) is 0 Å². The van der Waals surface area contributed by atoms with Crippen LogP contribution in [0.2, 0.25) is 0 Å². The van der Waals surface area contributed by atoms with Crippen LogP contribution in [0.4, 0.5) is 0 Å². The van der Waals surface area contributed by atoms with Crippen molar-refractivity contribution in [2.75, 3.05) is 5.75 Å². The van der Waals surface area contributed by atoms with Crippen molar-refractivity contribution in [1.82, 2.24) is 4.90 Å². The summed E-state index contributed by atoms with van der Waals surface area (Å²) in [6.07, 6.45) is 4.92. The Balaban J connectivity index is 2.01. The third-order valence-electron chi connectivity index (χ3n) is 4.80. The third-order valence-corrected chi connectivity index (χ3v) is 5.53. The molecule has 0 N–H and O–H groups in total. The summed E-state index contributed by atoms with van der Waals surface area (Å²) in [5, 5.41) is 1.85. The normalized spacial score (nSPS) is 30.5. The number of ether oxygens (including phenoxy) is 1. The van der Waals surface area contributed by atoms with Crippen LogP contribution in [0.5, 0.6) is 0 Å². The van der Waals surface area contributed by atoms with Crippen LogP contribution in [0, 0.1) is 17.8 Å². The van der Waals surface area contributed by atoms with Crippen molar-refractivity contribution in [3.05, 3.63) is 11.6 Å². The SMILES string of the molecule is CC1CCC(C(C)C)C(OC(=O)C(C)N2C=CSCC2=O)C1. The number of carbonyl (C=O) groups is 2. The number of hydrogen-bond acceptors (Lipinski definition) is 4. The zero-order chi connectivity index (χ0) is 16.3. The van der Waals surface area contributed by atoms with Gasteiger partial charge in [0.15, 0.2) is 0 Å². The lowest BCUT2D eigenvalue weighted by Crippen LogP contribution is -2.45. The second-order valence-corrected chi connectivity index (χ2v) is 7.77. The average Bonchev–Trinajstić information content (AvgIpc) is 2.46. The molecule has 124 valence electrons. The Morgan fingerprint density at radius 2 is 2.09 bits per heavy atom. The molecule has 1 heterocycles. The first kappa shape index (κ1) is 17.4. The molecule has 0 radical (unpaired) electrons. The van der Waals surface area contributed by atoms with Gasteiger partial charge in [0.1, 0.15) is 12.1 Å². The second-order valence-electron chi connectivity index (χ2n) is 6.87. The van der Waals surface area contributed by atoms with E-state index in [9.17, 15) is 9.59 Å². The topological polar surface area (TPSA) is 46.6 Å². The van der Waals surface area contributed by atoms with Crippen LogP contribution in [0.25, 0.3) is 0 Å². The first-order valence-electron chi connectivity index (χ1n) is 8.20. The first-order valence-corrected chi connectivity index (χ1v) is 9.25. The molecule has 1 amide bonds. The van der Waals surface area contributed by atoms with Crippen LogP contribution in [0.1, 0.15) is 47.0 Å². The van der Waals surface area contributed by atoms with Crippen molar-refractivity contribution in [2.24, 2.45) is 17.8 Å². The Bertz CT molecular complexity index is 449. The minimum absolute atomic E-state index is 0.0167. The molecule has 2 rings (SSSR count). The van der Waals surface area contributed by atoms with Gasteiger partial charge in [0.2, 0.25) is 5.91 Å². The number of carbonyl (C=O) groups excluding carboxylic acids is 2. The standard InChI is InChI=1S/C17H27NO3S/c1-11(2)14-6-5-12(3)9-15(14)21-17(20)13(4)18-7-8-22-10-16(18)19/h7-8,11-15H,5-6,9-10H2,1-4H3. The lowest BCUT2D eigenvalue weighted by Gasteiger charge is -2.38. The molecule has 1 saturated carbocycles. The molecule has 0 aromatic carbocycles. The van der Waals surface area contributed by atoms with Gasteiger partial charge in [-0.2, -0.15) is 0 Å². The van der Waals surface area contributed by atoms with Gasteiger partial charge in [-0.25, -0.2) is 4.79 Å². The highest BCUT2D eigenvalue weighted by molar-refractivity contribution is 8.02. The van der Waals surface area contributed by atoms with Gasteiger partial charge in [0.25, 0.3) is 0 Å². The summed E-state index contributed by atoms with van der Waals surface area (Å²) in [6.45, 7) is 8.35. The molecule has 1 aliphatic carbocycles. The molecule has 1 aliphatic heterocycles. The monoisotopic (exact) mass is 325 g/mol. The Labute approximate surface area is 137 Å². The van der Waals surface area contributed by atoms with Crippen molar-refractivity contribution in [1.29, 1.82) is 0 Å². The highest BCUT2D eigenvalue weighted by Crippen LogP contribution is 2.35. The quantitative estimate of drug-likeness (QED) is 0.743. The van der Waals surface area contributed by atoms with E-state index in [1.165, 1.54) is 23.1 Å². The molecular formula is C17H27NO3S. The van der Waals surface area contributed by atoms with E-state index in [0.29, 0.717) is 23.5 Å². The van der Waals surface area contributed by atoms with E-state index < -0.39 is 6.04 Å². The summed E-state index contributed by atoms with van der Waals surface area (Å²) in [7, 11) is 0. The lowest BCUT2D eigenvalue weighted by atomic mass is 9.75. The maximum absolute atomic E-state index is 12.5. The molecule has 4 unspecified atom stereocenters. The molecule has 0 saturated heterocycles. The summed E-state index contributed by atoms with van der Waals surface area (Å²) in [5.74, 6) is 1.60. The van der Waals surface area contributed by atoms with Crippen molar-refractivity contribution < 1.29 is 14.3 Å². The van der Waals surface area contributed by atoms with E-state index in [1.807, 2.05) is 5.41 Å². The minimum Gasteiger partial charge on any atom is -0.461 e. The Hall–Kier alpha value is -0.970. The summed E-state index contributed by atoms with van der Waals surface area (Å²) in [5.41, 5.74) is 0. The summed E-state index contributed by atoms with van der Waals surface area (Å²) in [6, 6.07) is -0.547. The fourth-order valence-electron chi connectivity index (χ4n) is 3.34. The lowest BCUT2D eigenvalue weighted by molar-refractivity contribution is -0.162. The highest BCUT2D eigenvalue weighted by Gasteiger charge is 2.35. The van der Waals surface area contributed by atoms with Gasteiger partial charge in [0.05, 0.1) is 5.75 Å². The summed E-state index contributed by atoms with van der Waals surface area (Å²) in [4.78, 5) is 25.9. The Kier molecular flexibility index (Phi) is 5.95. The van der Waals surface area contributed by atoms with Crippen molar-refractivity contribution in [2.45, 2.75) is 59.1 Å². The predicted molar refractivity (Wildman–Crippen MR) is 89.1 cm³/mol. The van der Waals surface area contributed by atoms with Crippen LogP contribution in [0.3, 0.4) is 0 Å². The van der Waals surface area contributed by atoms with E-state index >= 15 is 0 Å². The molecule has 5 heteroatoms. The number of amides is 1. The van der Waals surface area contributed by atoms with E-state index in [1.54, 1.807) is 13.1 Å². The number of esters is 1. The zero-order valence-corrected chi connectivity index (χ0v) is 14.8. The van der Waals surface area contributed by atoms with E-state index in [-0.39, 0.29) is 18.0 Å². The molecular weight excluding hydrogens is 298 g/mol. The van der Waals surface area contributed by atoms with Gasteiger partial charge < -0.3 is 9.64 Å². The van der Waals surface area contributed by atoms with Crippen LogP contribution in [-0.2, 0) is 14.3 Å². The van der Waals surface area contributed by atoms with Gasteiger partial charge in [-0.3, -0.25) is 4.79 Å². The Morgan fingerprint density at radius 1 is 1.36 bits per heavy atom. The highest BCUT2D eigenvalue weighted by atomic mass is 32.2. The van der Waals surface area contributed by atoms with Crippen LogP contribution in [0.15, 0.2) is 11.6 Å². The second kappa shape index (κ2) is 7.53. The van der Waals surface area contributed by atoms with Crippen LogP contribution >= 0.6 is 11.8 Å². The molecule has 0 aromatic rings. The maximum atomic E-state index is 12.5. The average molecular weight is 325 g/mol. The van der Waals surface area contributed by atoms with Crippen molar-refractivity contribution in [3.8, 4) is 0 Å². The summed E-state index contributed by atoms with van der Waals surface area (Å²) >= 11 is 1.45. The van der Waals surface area contributed by atoms with Gasteiger partial charge >= 0.3 is 5.97 Å². The fourth-order valence-corrected chi connectivity index (χ4v) is 3.95. The minimum atomic E-state index is -0.547. The summed E-state index contributed by atoms with van der Waals surface area (Å²) < 4.78 is 5.83. The van der Waals surface area contributed by atoms with Crippen LogP contribution < -0.4 is 0 Å². The largest absolute Gasteiger partial charge is 0.461 e. The number of rotatable bonds is 4. The fraction of sp³-hybridized carbons (Fsp3) is 0.765. The smallest absolute Gasteiger partial charge is 0.329 e. The first-order chi connectivity index (χ1) is 10.4. The molecule has 22 heavy (non-hydrogen) atoms.